The first-order valence-corrected chi connectivity index (χ1v) is 11.4. The van der Waals surface area contributed by atoms with Crippen molar-refractivity contribution in [1.82, 2.24) is 15.3 Å². The van der Waals surface area contributed by atoms with Gasteiger partial charge in [-0.2, -0.15) is 18.4 Å². The van der Waals surface area contributed by atoms with Gasteiger partial charge in [-0.1, -0.05) is 0 Å². The van der Waals surface area contributed by atoms with Gasteiger partial charge in [0.15, 0.2) is 0 Å². The van der Waals surface area contributed by atoms with Crippen LogP contribution in [-0.2, 0) is 14.9 Å². The molecule has 162 valence electrons. The van der Waals surface area contributed by atoms with Crippen molar-refractivity contribution in [1.29, 1.82) is 0 Å². The molecule has 10 nitrogen and oxygen atoms in total. The number of piperazine rings is 1. The Morgan fingerprint density at radius 2 is 1.70 bits per heavy atom. The first kappa shape index (κ1) is 20.8. The lowest BCUT2D eigenvalue weighted by Crippen LogP contribution is -2.44. The minimum atomic E-state index is -4.54. The minimum Gasteiger partial charge on any atom is -0.378 e. The molecule has 2 aliphatic heterocycles. The van der Waals surface area contributed by atoms with Crippen molar-refractivity contribution in [3.05, 3.63) is 29.8 Å². The molecule has 0 spiro atoms. The molecule has 0 bridgehead atoms. The molecule has 0 unspecified atom stereocenters. The van der Waals surface area contributed by atoms with Crippen LogP contribution in [-0.4, -0.2) is 75.4 Å². The van der Waals surface area contributed by atoms with Gasteiger partial charge in [-0.25, -0.2) is 0 Å². The van der Waals surface area contributed by atoms with Crippen molar-refractivity contribution >= 4 is 33.1 Å². The maximum absolute atomic E-state index is 11.8. The maximum atomic E-state index is 11.8. The molecule has 0 saturated carbocycles. The predicted octanol–water partition coefficient (Wildman–Crippen LogP) is 1.02. The standard InChI is InChI=1S/C19H26N6O4S/c1-14-17(21-15-2-4-16(5-3-15)24-10-12-29-13-11-24)22-19(30(26,27)28)23-18(14)25-8-6-20-7-9-25/h2-5,20H,6-13H2,1H3,(H,21,22,23)(H,26,27,28). The topological polar surface area (TPSA) is 120 Å². The fraction of sp³-hybridized carbons (Fsp3) is 0.474. The van der Waals surface area contributed by atoms with Crippen LogP contribution in [0.4, 0.5) is 23.0 Å². The second kappa shape index (κ2) is 8.72. The summed E-state index contributed by atoms with van der Waals surface area (Å²) < 4.78 is 38.5. The molecule has 2 fully saturated rings. The number of hydrogen-bond donors (Lipinski definition) is 3. The van der Waals surface area contributed by atoms with E-state index in [0.29, 0.717) is 37.9 Å². The Labute approximate surface area is 176 Å². The summed E-state index contributed by atoms with van der Waals surface area (Å²) >= 11 is 0. The van der Waals surface area contributed by atoms with Crippen LogP contribution in [0.2, 0.25) is 0 Å². The van der Waals surface area contributed by atoms with Gasteiger partial charge in [-0.15, -0.1) is 0 Å². The largest absolute Gasteiger partial charge is 0.378 e. The number of nitrogens with zero attached hydrogens (tertiary/aromatic N) is 4. The van der Waals surface area contributed by atoms with Crippen LogP contribution in [0.25, 0.3) is 0 Å². The highest BCUT2D eigenvalue weighted by Gasteiger charge is 2.23. The average Bonchev–Trinajstić information content (AvgIpc) is 2.76. The lowest BCUT2D eigenvalue weighted by atomic mass is 10.2. The van der Waals surface area contributed by atoms with Gasteiger partial charge < -0.3 is 25.2 Å². The quantitative estimate of drug-likeness (QED) is 0.465. The fourth-order valence-corrected chi connectivity index (χ4v) is 4.03. The van der Waals surface area contributed by atoms with Gasteiger partial charge in [-0.3, -0.25) is 4.55 Å². The SMILES string of the molecule is Cc1c(Nc2ccc(N3CCOCC3)cc2)nc(S(=O)(=O)O)nc1N1CCNCC1. The van der Waals surface area contributed by atoms with Crippen molar-refractivity contribution in [2.24, 2.45) is 0 Å². The minimum absolute atomic E-state index is 0.352. The lowest BCUT2D eigenvalue weighted by molar-refractivity contribution is 0.122. The second-order valence-corrected chi connectivity index (χ2v) is 8.60. The van der Waals surface area contributed by atoms with Crippen molar-refractivity contribution in [3.63, 3.8) is 0 Å². The van der Waals surface area contributed by atoms with Crippen molar-refractivity contribution in [2.75, 3.05) is 67.6 Å². The average molecular weight is 435 g/mol. The van der Waals surface area contributed by atoms with E-state index < -0.39 is 15.3 Å². The number of ether oxygens (including phenoxy) is 1. The highest BCUT2D eigenvalue weighted by atomic mass is 32.2. The van der Waals surface area contributed by atoms with E-state index in [2.05, 4.69) is 25.5 Å². The molecule has 3 heterocycles. The van der Waals surface area contributed by atoms with Crippen LogP contribution < -0.4 is 20.4 Å². The molecule has 2 aliphatic rings. The van der Waals surface area contributed by atoms with E-state index in [-0.39, 0.29) is 0 Å². The van der Waals surface area contributed by atoms with Gasteiger partial charge >= 0.3 is 10.1 Å². The summed E-state index contributed by atoms with van der Waals surface area (Å²) in [6, 6.07) is 7.85. The molecule has 2 aromatic rings. The van der Waals surface area contributed by atoms with E-state index in [1.54, 1.807) is 0 Å². The monoisotopic (exact) mass is 434 g/mol. The van der Waals surface area contributed by atoms with E-state index in [1.165, 1.54) is 0 Å². The zero-order valence-electron chi connectivity index (χ0n) is 16.8. The number of rotatable bonds is 5. The third-order valence-electron chi connectivity index (χ3n) is 5.25. The first-order chi connectivity index (χ1) is 14.4. The van der Waals surface area contributed by atoms with Gasteiger partial charge in [0.05, 0.1) is 13.2 Å². The Hall–Kier alpha value is -2.47. The first-order valence-electron chi connectivity index (χ1n) is 9.93. The Kier molecular flexibility index (Phi) is 6.04. The van der Waals surface area contributed by atoms with Crippen LogP contribution in [0.1, 0.15) is 5.56 Å². The summed E-state index contributed by atoms with van der Waals surface area (Å²) in [6.07, 6.45) is 0. The Morgan fingerprint density at radius 1 is 1.03 bits per heavy atom. The number of anilines is 4. The maximum Gasteiger partial charge on any atom is 0.330 e. The third kappa shape index (κ3) is 4.64. The number of hydrogen-bond acceptors (Lipinski definition) is 9. The summed E-state index contributed by atoms with van der Waals surface area (Å²) in [4.78, 5) is 12.5. The summed E-state index contributed by atoms with van der Waals surface area (Å²) in [7, 11) is -4.54. The van der Waals surface area contributed by atoms with Gasteiger partial charge in [0.2, 0.25) is 0 Å². The number of aromatic nitrogens is 2. The molecule has 1 aromatic heterocycles. The molecular weight excluding hydrogens is 408 g/mol. The van der Waals surface area contributed by atoms with E-state index in [0.717, 1.165) is 43.1 Å². The molecule has 3 N–H and O–H groups in total. The zero-order valence-corrected chi connectivity index (χ0v) is 17.7. The van der Waals surface area contributed by atoms with E-state index in [1.807, 2.05) is 36.1 Å². The molecule has 0 radical (unpaired) electrons. The number of morpholine rings is 1. The molecular formula is C19H26N6O4S. The van der Waals surface area contributed by atoms with Crippen LogP contribution in [0.5, 0.6) is 0 Å². The second-order valence-electron chi connectivity index (χ2n) is 7.29. The van der Waals surface area contributed by atoms with Crippen LogP contribution in [0.15, 0.2) is 29.4 Å². The van der Waals surface area contributed by atoms with Crippen molar-refractivity contribution in [3.8, 4) is 0 Å². The van der Waals surface area contributed by atoms with Crippen LogP contribution >= 0.6 is 0 Å². The lowest BCUT2D eigenvalue weighted by Gasteiger charge is -2.30. The number of nitrogens with one attached hydrogen (secondary N) is 2. The highest BCUT2D eigenvalue weighted by Crippen LogP contribution is 2.28. The summed E-state index contributed by atoms with van der Waals surface area (Å²) in [5.74, 6) is 0.858. The molecule has 0 aliphatic carbocycles. The van der Waals surface area contributed by atoms with Gasteiger partial charge in [0, 0.05) is 56.2 Å². The summed E-state index contributed by atoms with van der Waals surface area (Å²) in [5, 5.41) is 5.83. The predicted molar refractivity (Wildman–Crippen MR) is 114 cm³/mol. The van der Waals surface area contributed by atoms with Crippen molar-refractivity contribution in [2.45, 2.75) is 12.1 Å². The number of benzene rings is 1. The molecule has 2 saturated heterocycles. The smallest absolute Gasteiger partial charge is 0.330 e. The molecule has 4 rings (SSSR count). The van der Waals surface area contributed by atoms with Gasteiger partial charge in [-0.05, 0) is 31.2 Å². The van der Waals surface area contributed by atoms with Gasteiger partial charge in [0.25, 0.3) is 5.16 Å². The Balaban J connectivity index is 1.62. The highest BCUT2D eigenvalue weighted by molar-refractivity contribution is 7.85. The summed E-state index contributed by atoms with van der Waals surface area (Å²) in [6.45, 7) is 7.91. The van der Waals surface area contributed by atoms with E-state index in [9.17, 15) is 13.0 Å². The van der Waals surface area contributed by atoms with Crippen molar-refractivity contribution < 1.29 is 17.7 Å². The molecule has 0 amide bonds. The van der Waals surface area contributed by atoms with Crippen LogP contribution in [0.3, 0.4) is 0 Å². The molecule has 1 aromatic carbocycles. The van der Waals surface area contributed by atoms with E-state index >= 15 is 0 Å². The molecule has 30 heavy (non-hydrogen) atoms. The third-order valence-corrected chi connectivity index (χ3v) is 5.90. The Morgan fingerprint density at radius 3 is 2.33 bits per heavy atom. The molecule has 11 heteroatoms. The normalized spacial score (nSPS) is 17.8. The zero-order chi connectivity index (χ0) is 21.1. The summed E-state index contributed by atoms with van der Waals surface area (Å²) in [5.41, 5.74) is 2.59. The molecule has 0 atom stereocenters. The van der Waals surface area contributed by atoms with E-state index in [4.69, 9.17) is 4.74 Å². The van der Waals surface area contributed by atoms with Crippen LogP contribution in [0, 0.1) is 6.92 Å². The fourth-order valence-electron chi connectivity index (χ4n) is 3.62. The van der Waals surface area contributed by atoms with Gasteiger partial charge in [0.1, 0.15) is 11.6 Å². The Bertz CT molecular complexity index is 987.